The number of aromatic nitrogens is 1. The van der Waals surface area contributed by atoms with Crippen molar-refractivity contribution in [3.63, 3.8) is 0 Å². The molecule has 112 valence electrons. The van der Waals surface area contributed by atoms with Crippen LogP contribution in [-0.4, -0.2) is 29.8 Å². The van der Waals surface area contributed by atoms with Crippen LogP contribution < -0.4 is 5.32 Å². The lowest BCUT2D eigenvalue weighted by Crippen LogP contribution is -2.14. The normalized spacial score (nSPS) is 12.0. The number of aliphatic hydroxyl groups is 1. The summed E-state index contributed by atoms with van der Waals surface area (Å²) >= 11 is 12.9. The topological polar surface area (TPSA) is 71.5 Å². The van der Waals surface area contributed by atoms with E-state index in [0.29, 0.717) is 10.2 Å². The van der Waals surface area contributed by atoms with E-state index in [1.807, 2.05) is 6.07 Å². The molecule has 0 unspecified atom stereocenters. The van der Waals surface area contributed by atoms with Crippen LogP contribution in [0.25, 0.3) is 0 Å². The van der Waals surface area contributed by atoms with E-state index in [-0.39, 0.29) is 16.6 Å². The number of ether oxygens (including phenoxy) is 1. The molecule has 0 radical (unpaired) electrons. The first-order valence-corrected chi connectivity index (χ1v) is 7.50. The molecule has 0 aliphatic carbocycles. The number of methoxy groups -OCH3 is 1. The van der Waals surface area contributed by atoms with Gasteiger partial charge in [0.05, 0.1) is 19.8 Å². The third kappa shape index (κ3) is 3.85. The Hall–Kier alpha value is -1.34. The summed E-state index contributed by atoms with van der Waals surface area (Å²) < 4.78 is 4.61. The minimum Gasteiger partial charge on any atom is -0.465 e. The second-order valence-electron chi connectivity index (χ2n) is 4.07. The van der Waals surface area contributed by atoms with E-state index in [1.165, 1.54) is 7.11 Å². The SMILES string of the molecule is COC(=O)c1sc(N[C@@H](CO)c2cccc(Cl)c2)nc1Cl. The molecule has 0 aliphatic heterocycles. The maximum absolute atomic E-state index is 11.5. The zero-order valence-corrected chi connectivity index (χ0v) is 13.3. The highest BCUT2D eigenvalue weighted by atomic mass is 35.5. The monoisotopic (exact) mass is 346 g/mol. The van der Waals surface area contributed by atoms with Crippen LogP contribution in [0.3, 0.4) is 0 Å². The van der Waals surface area contributed by atoms with Gasteiger partial charge >= 0.3 is 5.97 Å². The van der Waals surface area contributed by atoms with Crippen LogP contribution in [0, 0.1) is 0 Å². The van der Waals surface area contributed by atoms with E-state index in [0.717, 1.165) is 16.9 Å². The van der Waals surface area contributed by atoms with E-state index in [2.05, 4.69) is 15.0 Å². The molecule has 2 rings (SSSR count). The molecule has 1 aromatic carbocycles. The van der Waals surface area contributed by atoms with Gasteiger partial charge in [0.1, 0.15) is 0 Å². The number of nitrogens with one attached hydrogen (secondary N) is 1. The summed E-state index contributed by atoms with van der Waals surface area (Å²) in [6.45, 7) is -0.162. The third-order valence-corrected chi connectivity index (χ3v) is 4.28. The Bertz CT molecular complexity index is 648. The minimum atomic E-state index is -0.547. The lowest BCUT2D eigenvalue weighted by atomic mass is 10.1. The van der Waals surface area contributed by atoms with E-state index in [1.54, 1.807) is 18.2 Å². The Morgan fingerprint density at radius 1 is 1.52 bits per heavy atom. The van der Waals surface area contributed by atoms with E-state index in [4.69, 9.17) is 23.2 Å². The Morgan fingerprint density at radius 2 is 2.29 bits per heavy atom. The van der Waals surface area contributed by atoms with Crippen molar-refractivity contribution in [2.45, 2.75) is 6.04 Å². The van der Waals surface area contributed by atoms with Crippen LogP contribution in [0.1, 0.15) is 21.3 Å². The summed E-state index contributed by atoms with van der Waals surface area (Å²) in [5, 5.41) is 13.6. The van der Waals surface area contributed by atoms with Gasteiger partial charge in [0.25, 0.3) is 0 Å². The number of esters is 1. The smallest absolute Gasteiger partial charge is 0.351 e. The molecule has 0 saturated heterocycles. The van der Waals surface area contributed by atoms with Crippen molar-refractivity contribution in [1.82, 2.24) is 4.98 Å². The largest absolute Gasteiger partial charge is 0.465 e. The van der Waals surface area contributed by atoms with Crippen molar-refractivity contribution in [3.8, 4) is 0 Å². The quantitative estimate of drug-likeness (QED) is 0.812. The zero-order valence-electron chi connectivity index (χ0n) is 11.0. The van der Waals surface area contributed by atoms with Crippen LogP contribution in [0.15, 0.2) is 24.3 Å². The molecule has 2 N–H and O–H groups in total. The molecule has 1 aromatic heterocycles. The second kappa shape index (κ2) is 7.09. The number of halogens is 2. The maximum atomic E-state index is 11.5. The van der Waals surface area contributed by atoms with Crippen molar-refractivity contribution in [2.24, 2.45) is 0 Å². The third-order valence-electron chi connectivity index (χ3n) is 2.69. The van der Waals surface area contributed by atoms with Gasteiger partial charge in [-0.2, -0.15) is 0 Å². The number of hydrogen-bond acceptors (Lipinski definition) is 6. The molecule has 8 heteroatoms. The maximum Gasteiger partial charge on any atom is 0.351 e. The van der Waals surface area contributed by atoms with Crippen LogP contribution in [0.2, 0.25) is 10.2 Å². The van der Waals surface area contributed by atoms with Crippen molar-refractivity contribution in [2.75, 3.05) is 19.0 Å². The van der Waals surface area contributed by atoms with Crippen molar-refractivity contribution < 1.29 is 14.6 Å². The van der Waals surface area contributed by atoms with Gasteiger partial charge in [-0.25, -0.2) is 9.78 Å². The number of thiazole rings is 1. The molecule has 5 nitrogen and oxygen atoms in total. The lowest BCUT2D eigenvalue weighted by molar-refractivity contribution is 0.0606. The summed E-state index contributed by atoms with van der Waals surface area (Å²) in [4.78, 5) is 15.7. The molecule has 0 amide bonds. The standard InChI is InChI=1S/C13H12Cl2N2O3S/c1-20-12(19)10-11(15)17-13(21-10)16-9(6-18)7-3-2-4-8(14)5-7/h2-5,9,18H,6H2,1H3,(H,16,17)/t9-/m0/s1. The van der Waals surface area contributed by atoms with Crippen molar-refractivity contribution in [1.29, 1.82) is 0 Å². The fourth-order valence-corrected chi connectivity index (χ4v) is 3.04. The Balaban J connectivity index is 2.21. The molecule has 0 saturated carbocycles. The molecule has 1 atom stereocenters. The van der Waals surface area contributed by atoms with E-state index >= 15 is 0 Å². The number of benzene rings is 1. The van der Waals surface area contributed by atoms with Crippen molar-refractivity contribution >= 4 is 45.6 Å². The Kier molecular flexibility index (Phi) is 5.41. The first-order valence-electron chi connectivity index (χ1n) is 5.92. The van der Waals surface area contributed by atoms with Gasteiger partial charge in [-0.3, -0.25) is 0 Å². The fraction of sp³-hybridized carbons (Fsp3) is 0.231. The molecule has 0 spiro atoms. The number of anilines is 1. The van der Waals surface area contributed by atoms with Gasteiger partial charge < -0.3 is 15.2 Å². The van der Waals surface area contributed by atoms with Gasteiger partial charge in [-0.05, 0) is 17.7 Å². The average Bonchev–Trinajstić information content (AvgIpc) is 2.84. The predicted molar refractivity (Wildman–Crippen MR) is 83.4 cm³/mol. The summed E-state index contributed by atoms with van der Waals surface area (Å²) in [6.07, 6.45) is 0. The minimum absolute atomic E-state index is 0.0668. The molecule has 1 heterocycles. The first kappa shape index (κ1) is 16.0. The number of aliphatic hydroxyl groups excluding tert-OH is 1. The summed E-state index contributed by atoms with van der Waals surface area (Å²) in [5.74, 6) is -0.547. The lowest BCUT2D eigenvalue weighted by Gasteiger charge is -2.16. The zero-order chi connectivity index (χ0) is 15.4. The molecule has 0 bridgehead atoms. The van der Waals surface area contributed by atoms with Gasteiger partial charge in [-0.15, -0.1) is 0 Å². The Labute approximate surface area is 135 Å². The highest BCUT2D eigenvalue weighted by molar-refractivity contribution is 7.18. The average molecular weight is 347 g/mol. The molecule has 0 fully saturated rings. The number of rotatable bonds is 5. The molecular formula is C13H12Cl2N2O3S. The van der Waals surface area contributed by atoms with Crippen molar-refractivity contribution in [3.05, 3.63) is 44.9 Å². The van der Waals surface area contributed by atoms with Gasteiger partial charge in [0.15, 0.2) is 15.2 Å². The number of nitrogens with zero attached hydrogens (tertiary/aromatic N) is 1. The van der Waals surface area contributed by atoms with Gasteiger partial charge in [-0.1, -0.05) is 46.7 Å². The molecule has 2 aromatic rings. The fourth-order valence-electron chi connectivity index (χ4n) is 1.69. The number of carbonyl (C=O) groups excluding carboxylic acids is 1. The summed E-state index contributed by atoms with van der Waals surface area (Å²) in [5.41, 5.74) is 0.802. The highest BCUT2D eigenvalue weighted by Crippen LogP contribution is 2.30. The van der Waals surface area contributed by atoms with Crippen LogP contribution in [-0.2, 0) is 4.74 Å². The summed E-state index contributed by atoms with van der Waals surface area (Å²) in [7, 11) is 1.27. The van der Waals surface area contributed by atoms with Crippen LogP contribution >= 0.6 is 34.5 Å². The second-order valence-corrected chi connectivity index (χ2v) is 5.86. The first-order chi connectivity index (χ1) is 10.0. The molecule has 0 aliphatic rings. The van der Waals surface area contributed by atoms with Crippen LogP contribution in [0.4, 0.5) is 5.13 Å². The van der Waals surface area contributed by atoms with E-state index < -0.39 is 12.0 Å². The number of carbonyl (C=O) groups is 1. The predicted octanol–water partition coefficient (Wildman–Crippen LogP) is 3.38. The van der Waals surface area contributed by atoms with Gasteiger partial charge in [0.2, 0.25) is 0 Å². The summed E-state index contributed by atoms with van der Waals surface area (Å²) in [6, 6.07) is 6.70. The number of hydrogen-bond donors (Lipinski definition) is 2. The molecule has 21 heavy (non-hydrogen) atoms. The molecular weight excluding hydrogens is 335 g/mol. The Morgan fingerprint density at radius 3 is 2.90 bits per heavy atom. The van der Waals surface area contributed by atoms with E-state index in [9.17, 15) is 9.90 Å². The highest BCUT2D eigenvalue weighted by Gasteiger charge is 2.19. The van der Waals surface area contributed by atoms with Gasteiger partial charge in [0, 0.05) is 5.02 Å². The van der Waals surface area contributed by atoms with Crippen LogP contribution in [0.5, 0.6) is 0 Å².